The maximum atomic E-state index is 12.9. The summed E-state index contributed by atoms with van der Waals surface area (Å²) >= 11 is 0.885. The normalized spacial score (nSPS) is 17.9. The molecule has 2 aromatic heterocycles. The fraction of sp³-hybridized carbons (Fsp3) is 0.100. The van der Waals surface area contributed by atoms with Gasteiger partial charge in [0, 0.05) is 23.3 Å². The number of nitrogens with zero attached hydrogens (tertiary/aromatic N) is 3. The number of rotatable bonds is 5. The summed E-state index contributed by atoms with van der Waals surface area (Å²) in [5.41, 5.74) is 6.61. The summed E-state index contributed by atoms with van der Waals surface area (Å²) in [6.07, 6.45) is 5.88. The minimum Gasteiger partial charge on any atom is -0.408 e. The van der Waals surface area contributed by atoms with Crippen molar-refractivity contribution in [1.82, 2.24) is 13.9 Å². The molecule has 0 radical (unpaired) electrons. The van der Waals surface area contributed by atoms with Gasteiger partial charge in [0.2, 0.25) is 5.13 Å². The Hall–Kier alpha value is -3.77. The second-order valence-corrected chi connectivity index (χ2v) is 9.61. The zero-order chi connectivity index (χ0) is 22.5. The minimum absolute atomic E-state index is 0.0146. The number of nitrogen functional groups attached to an aromatic ring is 1. The second kappa shape index (κ2) is 7.14. The molecule has 0 saturated carbocycles. The number of sulfonamides is 1. The first-order valence-electron chi connectivity index (χ1n) is 9.32. The number of allylic oxidation sites excluding steroid dienone is 2. The third-order valence-corrected chi connectivity index (χ3v) is 7.32. The molecule has 1 aliphatic carbocycles. The van der Waals surface area contributed by atoms with Crippen LogP contribution in [0.15, 0.2) is 69.0 Å². The van der Waals surface area contributed by atoms with Crippen LogP contribution >= 0.6 is 11.5 Å². The molecule has 0 bridgehead atoms. The highest BCUT2D eigenvalue weighted by Crippen LogP contribution is 2.36. The lowest BCUT2D eigenvalue weighted by atomic mass is 9.81. The summed E-state index contributed by atoms with van der Waals surface area (Å²) in [5.74, 6) is -0.807. The van der Waals surface area contributed by atoms with E-state index in [-0.39, 0.29) is 21.1 Å². The molecule has 1 aliphatic rings. The van der Waals surface area contributed by atoms with E-state index < -0.39 is 21.3 Å². The van der Waals surface area contributed by atoms with Crippen LogP contribution in [0, 0.1) is 0 Å². The Bertz CT molecular complexity index is 1550. The monoisotopic (exact) mass is 469 g/mol. The van der Waals surface area contributed by atoms with E-state index in [1.54, 1.807) is 24.3 Å². The molecule has 1 atom stereocenters. The van der Waals surface area contributed by atoms with Crippen LogP contribution in [-0.4, -0.2) is 28.6 Å². The lowest BCUT2D eigenvalue weighted by Crippen LogP contribution is -2.42. The number of benzene rings is 2. The summed E-state index contributed by atoms with van der Waals surface area (Å²) in [7, 11) is -3.99. The second-order valence-electron chi connectivity index (χ2n) is 7.15. The van der Waals surface area contributed by atoms with Crippen molar-refractivity contribution in [2.75, 3.05) is 10.5 Å². The molecule has 0 fully saturated rings. The Morgan fingerprint density at radius 1 is 1.25 bits per heavy atom. The van der Waals surface area contributed by atoms with Crippen LogP contribution < -0.4 is 16.2 Å². The maximum absolute atomic E-state index is 12.9. The predicted octanol–water partition coefficient (Wildman–Crippen LogP) is 1.88. The van der Waals surface area contributed by atoms with Crippen molar-refractivity contribution in [2.24, 2.45) is 0 Å². The predicted molar refractivity (Wildman–Crippen MR) is 118 cm³/mol. The van der Waals surface area contributed by atoms with E-state index >= 15 is 0 Å². The molecule has 4 aromatic rings. The number of aldehydes is 1. The van der Waals surface area contributed by atoms with E-state index in [1.807, 2.05) is 6.07 Å². The number of anilines is 2. The van der Waals surface area contributed by atoms with Gasteiger partial charge in [-0.25, -0.2) is 18.2 Å². The summed E-state index contributed by atoms with van der Waals surface area (Å²) in [4.78, 5) is 29.0. The third-order valence-electron chi connectivity index (χ3n) is 5.27. The van der Waals surface area contributed by atoms with E-state index in [9.17, 15) is 18.0 Å². The number of hydrogen-bond donors (Lipinski definition) is 2. The van der Waals surface area contributed by atoms with E-state index in [0.29, 0.717) is 24.0 Å². The van der Waals surface area contributed by atoms with Gasteiger partial charge in [-0.2, -0.15) is 4.37 Å². The third kappa shape index (κ3) is 3.03. The van der Waals surface area contributed by atoms with Crippen LogP contribution in [0.3, 0.4) is 0 Å². The van der Waals surface area contributed by atoms with Gasteiger partial charge < -0.3 is 10.2 Å². The van der Waals surface area contributed by atoms with Crippen LogP contribution in [0.2, 0.25) is 0 Å². The van der Waals surface area contributed by atoms with Crippen LogP contribution in [0.1, 0.15) is 11.1 Å². The molecular formula is C20H15N5O5S2. The molecular weight excluding hydrogens is 454 g/mol. The average Bonchev–Trinajstić information content (AvgIpc) is 3.39. The van der Waals surface area contributed by atoms with Gasteiger partial charge in [-0.1, -0.05) is 18.2 Å². The van der Waals surface area contributed by atoms with Crippen LogP contribution in [-0.2, 0) is 26.8 Å². The van der Waals surface area contributed by atoms with Crippen molar-refractivity contribution in [3.05, 3.63) is 76.6 Å². The number of carbonyl (C=O) groups is 1. The van der Waals surface area contributed by atoms with Gasteiger partial charge in [0.05, 0.1) is 10.4 Å². The Morgan fingerprint density at radius 3 is 2.84 bits per heavy atom. The molecule has 1 unspecified atom stereocenters. The first-order chi connectivity index (χ1) is 15.3. The van der Waals surface area contributed by atoms with E-state index in [2.05, 4.69) is 14.1 Å². The maximum Gasteiger partial charge on any atom is 0.421 e. The van der Waals surface area contributed by atoms with Crippen molar-refractivity contribution < 1.29 is 17.6 Å². The van der Waals surface area contributed by atoms with Crippen molar-refractivity contribution in [3.63, 3.8) is 0 Å². The summed E-state index contributed by atoms with van der Waals surface area (Å²) in [6, 6.07) is 9.16. The van der Waals surface area contributed by atoms with Gasteiger partial charge in [-0.05, 0) is 41.8 Å². The van der Waals surface area contributed by atoms with E-state index in [1.165, 1.54) is 29.1 Å². The molecule has 0 spiro atoms. The summed E-state index contributed by atoms with van der Waals surface area (Å²) in [5, 5.41) is 0.102. The van der Waals surface area contributed by atoms with Crippen molar-refractivity contribution in [1.29, 1.82) is 0 Å². The number of carbonyl (C=O) groups excluding carboxylic acids is 1. The van der Waals surface area contributed by atoms with E-state index in [4.69, 9.17) is 10.2 Å². The van der Waals surface area contributed by atoms with Crippen LogP contribution in [0.4, 0.5) is 10.8 Å². The largest absolute Gasteiger partial charge is 0.421 e. The lowest BCUT2D eigenvalue weighted by molar-refractivity contribution is -0.112. The quantitative estimate of drug-likeness (QED) is 0.255. The van der Waals surface area contributed by atoms with Crippen LogP contribution in [0.25, 0.3) is 11.1 Å². The number of fused-ring (bicyclic) bond motifs is 2. The standard InChI is InChI=1S/C20H15N5O5S2/c21-13-4-3-12-2-1-7-20(10-26,15(12)8-13)25-16-6-5-14(9-17(16)30-19(25)27)32(28,29)24-18-22-11-23-31-18/h1,3-11H,2,21H2,(H,22,23,24). The molecule has 3 N–H and O–H groups in total. The number of nitrogens with two attached hydrogens (primary N) is 1. The van der Waals surface area contributed by atoms with Crippen LogP contribution in [0.5, 0.6) is 0 Å². The van der Waals surface area contributed by atoms with Gasteiger partial charge in [-0.15, -0.1) is 0 Å². The smallest absolute Gasteiger partial charge is 0.408 e. The molecule has 0 aliphatic heterocycles. The Labute approximate surface area is 185 Å². The first-order valence-corrected chi connectivity index (χ1v) is 11.6. The molecule has 0 amide bonds. The van der Waals surface area contributed by atoms with Crippen molar-refractivity contribution in [2.45, 2.75) is 16.9 Å². The minimum atomic E-state index is -3.99. The molecule has 2 heterocycles. The zero-order valence-electron chi connectivity index (χ0n) is 16.3. The van der Waals surface area contributed by atoms with Crippen molar-refractivity contribution in [3.8, 4) is 0 Å². The molecule has 162 valence electrons. The number of oxazole rings is 1. The summed E-state index contributed by atoms with van der Waals surface area (Å²) < 4.78 is 38.0. The topological polar surface area (TPSA) is 150 Å². The molecule has 5 rings (SSSR count). The number of hydrogen-bond acceptors (Lipinski definition) is 9. The van der Waals surface area contributed by atoms with Gasteiger partial charge in [0.15, 0.2) is 17.4 Å². The highest BCUT2D eigenvalue weighted by molar-refractivity contribution is 7.93. The van der Waals surface area contributed by atoms with Gasteiger partial charge >= 0.3 is 5.76 Å². The molecule has 2 aromatic carbocycles. The SMILES string of the molecule is Nc1ccc2c(c1)C(C=O)(n1c(=O)oc3cc(S(=O)(=O)Nc4ncns4)ccc31)C=CC2. The summed E-state index contributed by atoms with van der Waals surface area (Å²) in [6.45, 7) is 0. The fourth-order valence-electron chi connectivity index (χ4n) is 3.86. The van der Waals surface area contributed by atoms with Gasteiger partial charge in [0.25, 0.3) is 10.0 Å². The zero-order valence-corrected chi connectivity index (χ0v) is 17.9. The number of aromatic nitrogens is 3. The molecule has 12 heteroatoms. The van der Waals surface area contributed by atoms with Gasteiger partial charge in [0.1, 0.15) is 6.33 Å². The fourth-order valence-corrected chi connectivity index (χ4v) is 5.54. The highest BCUT2D eigenvalue weighted by atomic mass is 32.2. The van der Waals surface area contributed by atoms with E-state index in [0.717, 1.165) is 17.1 Å². The first kappa shape index (κ1) is 20.2. The molecule has 0 saturated heterocycles. The van der Waals surface area contributed by atoms with Crippen molar-refractivity contribution >= 4 is 49.8 Å². The molecule has 32 heavy (non-hydrogen) atoms. The Balaban J connectivity index is 1.68. The molecule has 10 nitrogen and oxygen atoms in total. The Kier molecular flexibility index (Phi) is 4.50. The highest BCUT2D eigenvalue weighted by Gasteiger charge is 2.39. The van der Waals surface area contributed by atoms with Gasteiger partial charge in [-0.3, -0.25) is 14.1 Å². The average molecular weight is 470 g/mol. The Morgan fingerprint density at radius 2 is 2.09 bits per heavy atom. The number of nitrogens with one attached hydrogen (secondary N) is 1. The lowest BCUT2D eigenvalue weighted by Gasteiger charge is -2.31.